The van der Waals surface area contributed by atoms with Crippen LogP contribution in [0.3, 0.4) is 0 Å². The number of hydrogen-bond acceptors (Lipinski definition) is 2. The Morgan fingerprint density at radius 1 is 0.500 bits per heavy atom. The molecule has 2 heteroatoms. The van der Waals surface area contributed by atoms with Crippen LogP contribution in [-0.4, -0.2) is 0 Å². The first-order valence-corrected chi connectivity index (χ1v) is 14.5. The van der Waals surface area contributed by atoms with Crippen molar-refractivity contribution in [2.24, 2.45) is 0 Å². The molecule has 0 amide bonds. The van der Waals surface area contributed by atoms with Gasteiger partial charge in [0, 0.05) is 33.3 Å². The van der Waals surface area contributed by atoms with Crippen molar-refractivity contribution in [3.63, 3.8) is 0 Å². The lowest BCUT2D eigenvalue weighted by Crippen LogP contribution is -2.12. The van der Waals surface area contributed by atoms with Crippen LogP contribution in [0.5, 0.6) is 0 Å². The lowest BCUT2D eigenvalue weighted by Gasteiger charge is -2.28. The molecule has 1 heterocycles. The summed E-state index contributed by atoms with van der Waals surface area (Å²) in [4.78, 5) is 2.37. The molecule has 0 saturated carbocycles. The monoisotopic (exact) mass is 543 g/mol. The molecule has 0 radical (unpaired) electrons. The van der Waals surface area contributed by atoms with Crippen LogP contribution in [0.2, 0.25) is 0 Å². The van der Waals surface area contributed by atoms with E-state index in [9.17, 15) is 0 Å². The average molecular weight is 544 g/mol. The molecule has 1 aromatic heterocycles. The van der Waals surface area contributed by atoms with Crippen molar-refractivity contribution in [3.05, 3.63) is 151 Å². The molecule has 0 aliphatic rings. The molecule has 6 aromatic carbocycles. The molecule has 0 aliphatic carbocycles. The van der Waals surface area contributed by atoms with Gasteiger partial charge in [-0.05, 0) is 58.3 Å². The standard InChI is InChI=1S/C40H33NO/c1-40(2,3)38-35-23-9-10-25-37(35)42-39(38)31-19-12-21-33(27-31)41(36-24-13-17-29-16-7-8-22-34(29)36)32-20-11-18-30(26-32)28-14-5-4-6-15-28/h4-27H,1-3H3. The first-order chi connectivity index (χ1) is 20.5. The highest BCUT2D eigenvalue weighted by Crippen LogP contribution is 2.44. The van der Waals surface area contributed by atoms with Gasteiger partial charge in [-0.3, -0.25) is 0 Å². The van der Waals surface area contributed by atoms with Crippen LogP contribution in [0, 0.1) is 0 Å². The predicted molar refractivity (Wildman–Crippen MR) is 178 cm³/mol. The van der Waals surface area contributed by atoms with Gasteiger partial charge in [-0.15, -0.1) is 0 Å². The van der Waals surface area contributed by atoms with Crippen LogP contribution in [0.25, 0.3) is 44.2 Å². The summed E-state index contributed by atoms with van der Waals surface area (Å²) >= 11 is 0. The van der Waals surface area contributed by atoms with E-state index in [0.29, 0.717) is 0 Å². The largest absolute Gasteiger partial charge is 0.456 e. The van der Waals surface area contributed by atoms with Crippen molar-refractivity contribution in [3.8, 4) is 22.5 Å². The second kappa shape index (κ2) is 10.4. The molecule has 7 rings (SSSR count). The van der Waals surface area contributed by atoms with Crippen molar-refractivity contribution in [1.29, 1.82) is 0 Å². The molecule has 0 fully saturated rings. The van der Waals surface area contributed by atoms with Crippen LogP contribution < -0.4 is 4.90 Å². The van der Waals surface area contributed by atoms with Crippen LogP contribution in [0.1, 0.15) is 26.3 Å². The molecule has 0 N–H and O–H groups in total. The molecular weight excluding hydrogens is 510 g/mol. The van der Waals surface area contributed by atoms with Gasteiger partial charge in [0.15, 0.2) is 0 Å². The van der Waals surface area contributed by atoms with Gasteiger partial charge in [-0.25, -0.2) is 0 Å². The molecule has 42 heavy (non-hydrogen) atoms. The smallest absolute Gasteiger partial charge is 0.139 e. The van der Waals surface area contributed by atoms with E-state index in [1.54, 1.807) is 0 Å². The van der Waals surface area contributed by atoms with Gasteiger partial charge in [-0.2, -0.15) is 0 Å². The lowest BCUT2D eigenvalue weighted by atomic mass is 9.83. The topological polar surface area (TPSA) is 16.4 Å². The number of furan rings is 1. The second-order valence-corrected chi connectivity index (χ2v) is 11.9. The lowest BCUT2D eigenvalue weighted by molar-refractivity contribution is 0.568. The fourth-order valence-corrected chi connectivity index (χ4v) is 6.07. The summed E-state index contributed by atoms with van der Waals surface area (Å²) < 4.78 is 6.59. The zero-order valence-electron chi connectivity index (χ0n) is 24.2. The number of rotatable bonds is 5. The molecule has 0 saturated heterocycles. The van der Waals surface area contributed by atoms with Crippen molar-refractivity contribution in [2.75, 3.05) is 4.90 Å². The number of nitrogens with zero attached hydrogens (tertiary/aromatic N) is 1. The first-order valence-electron chi connectivity index (χ1n) is 14.5. The average Bonchev–Trinajstić information content (AvgIpc) is 3.43. The van der Waals surface area contributed by atoms with Gasteiger partial charge in [0.05, 0.1) is 5.69 Å². The number of anilines is 3. The van der Waals surface area contributed by atoms with Gasteiger partial charge >= 0.3 is 0 Å². The molecule has 0 spiro atoms. The summed E-state index contributed by atoms with van der Waals surface area (Å²) in [6, 6.07) is 51.7. The third kappa shape index (κ3) is 4.65. The number of fused-ring (bicyclic) bond motifs is 2. The SMILES string of the molecule is CC(C)(C)c1c(-c2cccc(N(c3cccc(-c4ccccc4)c3)c3cccc4ccccc34)c2)oc2ccccc12. The van der Waals surface area contributed by atoms with Gasteiger partial charge in [0.2, 0.25) is 0 Å². The van der Waals surface area contributed by atoms with Crippen molar-refractivity contribution >= 4 is 38.8 Å². The van der Waals surface area contributed by atoms with Gasteiger partial charge in [0.25, 0.3) is 0 Å². The van der Waals surface area contributed by atoms with E-state index >= 15 is 0 Å². The van der Waals surface area contributed by atoms with Crippen LogP contribution in [0.4, 0.5) is 17.1 Å². The van der Waals surface area contributed by atoms with E-state index in [0.717, 1.165) is 34.0 Å². The fraction of sp³-hybridized carbons (Fsp3) is 0.100. The zero-order valence-corrected chi connectivity index (χ0v) is 24.2. The van der Waals surface area contributed by atoms with E-state index in [-0.39, 0.29) is 5.41 Å². The highest BCUT2D eigenvalue weighted by atomic mass is 16.3. The molecule has 0 unspecified atom stereocenters. The molecule has 0 bridgehead atoms. The Balaban J connectivity index is 1.45. The molecule has 204 valence electrons. The summed E-state index contributed by atoms with van der Waals surface area (Å²) in [5.41, 5.74) is 8.83. The quantitative estimate of drug-likeness (QED) is 0.215. The van der Waals surface area contributed by atoms with Gasteiger partial charge in [-0.1, -0.05) is 130 Å². The van der Waals surface area contributed by atoms with Crippen molar-refractivity contribution in [2.45, 2.75) is 26.2 Å². The second-order valence-electron chi connectivity index (χ2n) is 11.9. The summed E-state index contributed by atoms with van der Waals surface area (Å²) in [6.45, 7) is 6.78. The van der Waals surface area contributed by atoms with Crippen molar-refractivity contribution in [1.82, 2.24) is 0 Å². The Labute approximate surface area is 247 Å². The summed E-state index contributed by atoms with van der Waals surface area (Å²) in [7, 11) is 0. The molecular formula is C40H33NO. The maximum Gasteiger partial charge on any atom is 0.139 e. The maximum atomic E-state index is 6.59. The minimum absolute atomic E-state index is 0.0860. The summed E-state index contributed by atoms with van der Waals surface area (Å²) in [5, 5.41) is 3.59. The van der Waals surface area contributed by atoms with E-state index in [4.69, 9.17) is 4.42 Å². The Kier molecular flexibility index (Phi) is 6.40. The van der Waals surface area contributed by atoms with E-state index in [2.05, 4.69) is 165 Å². The number of benzene rings is 6. The minimum atomic E-state index is -0.0860. The Hall–Kier alpha value is -5.08. The van der Waals surface area contributed by atoms with Gasteiger partial charge in [0.1, 0.15) is 11.3 Å². The molecule has 7 aromatic rings. The molecule has 0 atom stereocenters. The van der Waals surface area contributed by atoms with Gasteiger partial charge < -0.3 is 9.32 Å². The zero-order chi connectivity index (χ0) is 28.7. The third-order valence-electron chi connectivity index (χ3n) is 7.93. The minimum Gasteiger partial charge on any atom is -0.456 e. The van der Waals surface area contributed by atoms with E-state index in [1.807, 2.05) is 6.07 Å². The maximum absolute atomic E-state index is 6.59. The highest BCUT2D eigenvalue weighted by molar-refractivity contribution is 5.99. The number of hydrogen-bond donors (Lipinski definition) is 0. The van der Waals surface area contributed by atoms with Crippen LogP contribution >= 0.6 is 0 Å². The highest BCUT2D eigenvalue weighted by Gasteiger charge is 2.26. The summed E-state index contributed by atoms with van der Waals surface area (Å²) in [5.74, 6) is 0.932. The third-order valence-corrected chi connectivity index (χ3v) is 7.93. The number of para-hydroxylation sites is 1. The fourth-order valence-electron chi connectivity index (χ4n) is 6.07. The predicted octanol–water partition coefficient (Wildman–Crippen LogP) is 11.7. The Bertz CT molecular complexity index is 2020. The van der Waals surface area contributed by atoms with E-state index < -0.39 is 0 Å². The van der Waals surface area contributed by atoms with Crippen molar-refractivity contribution < 1.29 is 4.42 Å². The first kappa shape index (κ1) is 25.9. The van der Waals surface area contributed by atoms with E-state index in [1.165, 1.54) is 32.8 Å². The molecule has 0 aliphatic heterocycles. The molecule has 2 nitrogen and oxygen atoms in total. The Morgan fingerprint density at radius 3 is 1.83 bits per heavy atom. The van der Waals surface area contributed by atoms with Crippen LogP contribution in [0.15, 0.2) is 150 Å². The normalized spacial score (nSPS) is 11.7. The van der Waals surface area contributed by atoms with Crippen LogP contribution in [-0.2, 0) is 5.41 Å². The summed E-state index contributed by atoms with van der Waals surface area (Å²) in [6.07, 6.45) is 0. The Morgan fingerprint density at radius 2 is 1.07 bits per heavy atom.